The molecule has 138 valence electrons. The number of nitrogens with zero attached hydrogens (tertiary/aromatic N) is 3. The van der Waals surface area contributed by atoms with Gasteiger partial charge in [0.2, 0.25) is 11.8 Å². The molecule has 0 radical (unpaired) electrons. The predicted molar refractivity (Wildman–Crippen MR) is 89.0 cm³/mol. The Hall–Kier alpha value is -1.47. The number of rotatable bonds is 7. The van der Waals surface area contributed by atoms with Crippen LogP contribution in [0.4, 0.5) is 0 Å². The highest BCUT2D eigenvalue weighted by Crippen LogP contribution is 2.34. The Morgan fingerprint density at radius 3 is 2.84 bits per heavy atom. The van der Waals surface area contributed by atoms with Crippen LogP contribution in [0.5, 0.6) is 0 Å². The molecule has 0 aromatic carbocycles. The largest absolute Gasteiger partial charge is 0.381 e. The van der Waals surface area contributed by atoms with E-state index >= 15 is 0 Å². The summed E-state index contributed by atoms with van der Waals surface area (Å²) >= 11 is 0. The summed E-state index contributed by atoms with van der Waals surface area (Å²) in [6.07, 6.45) is 5.87. The van der Waals surface area contributed by atoms with Crippen molar-refractivity contribution in [3.05, 3.63) is 11.7 Å². The number of carbonyl (C=O) groups is 1. The third-order valence-electron chi connectivity index (χ3n) is 5.42. The highest BCUT2D eigenvalue weighted by molar-refractivity contribution is 5.81. The average molecular weight is 349 g/mol. The molecule has 1 aromatic heterocycles. The number of hydrogen-bond donors (Lipinski definition) is 0. The summed E-state index contributed by atoms with van der Waals surface area (Å²) in [6.45, 7) is 4.64. The highest BCUT2D eigenvalue weighted by atomic mass is 16.5. The van der Waals surface area contributed by atoms with Crippen LogP contribution < -0.4 is 0 Å². The second kappa shape index (κ2) is 7.83. The molecule has 0 bridgehead atoms. The second-order valence-electron chi connectivity index (χ2n) is 7.47. The Morgan fingerprint density at radius 1 is 1.20 bits per heavy atom. The van der Waals surface area contributed by atoms with Crippen molar-refractivity contribution >= 4 is 5.91 Å². The van der Waals surface area contributed by atoms with Gasteiger partial charge in [0.05, 0.1) is 12.5 Å². The van der Waals surface area contributed by atoms with Gasteiger partial charge >= 0.3 is 0 Å². The molecule has 3 heterocycles. The first-order valence-corrected chi connectivity index (χ1v) is 9.56. The van der Waals surface area contributed by atoms with Gasteiger partial charge in [-0.2, -0.15) is 4.98 Å². The number of ether oxygens (including phenoxy) is 2. The van der Waals surface area contributed by atoms with Crippen molar-refractivity contribution in [3.8, 4) is 0 Å². The van der Waals surface area contributed by atoms with E-state index in [4.69, 9.17) is 14.0 Å². The first-order valence-electron chi connectivity index (χ1n) is 9.56. The summed E-state index contributed by atoms with van der Waals surface area (Å²) in [5, 5.41) is 4.07. The molecule has 2 saturated heterocycles. The summed E-state index contributed by atoms with van der Waals surface area (Å²) in [4.78, 5) is 18.6. The number of amides is 1. The molecule has 3 fully saturated rings. The van der Waals surface area contributed by atoms with Gasteiger partial charge in [0.25, 0.3) is 0 Å². The molecular formula is C18H27N3O4. The van der Waals surface area contributed by atoms with Crippen LogP contribution in [0.25, 0.3) is 0 Å². The van der Waals surface area contributed by atoms with Crippen molar-refractivity contribution in [2.24, 2.45) is 11.8 Å². The molecule has 1 aromatic rings. The van der Waals surface area contributed by atoms with Crippen molar-refractivity contribution in [1.29, 1.82) is 0 Å². The van der Waals surface area contributed by atoms with Gasteiger partial charge in [-0.3, -0.25) is 4.79 Å². The number of hydrogen-bond acceptors (Lipinski definition) is 6. The predicted octanol–water partition coefficient (Wildman–Crippen LogP) is 1.78. The molecule has 4 rings (SSSR count). The Morgan fingerprint density at radius 2 is 2.04 bits per heavy atom. The first-order chi connectivity index (χ1) is 12.3. The Balaban J connectivity index is 1.19. The highest BCUT2D eigenvalue weighted by Gasteiger charge is 2.38. The van der Waals surface area contributed by atoms with E-state index in [1.54, 1.807) is 0 Å². The molecule has 1 aliphatic carbocycles. The maximum absolute atomic E-state index is 12.1. The lowest BCUT2D eigenvalue weighted by Gasteiger charge is -2.21. The molecule has 25 heavy (non-hydrogen) atoms. The zero-order chi connectivity index (χ0) is 17.1. The van der Waals surface area contributed by atoms with Gasteiger partial charge in [0, 0.05) is 45.2 Å². The summed E-state index contributed by atoms with van der Waals surface area (Å²) < 4.78 is 16.5. The summed E-state index contributed by atoms with van der Waals surface area (Å²) in [7, 11) is 0. The van der Waals surface area contributed by atoms with E-state index in [0.29, 0.717) is 36.6 Å². The van der Waals surface area contributed by atoms with Gasteiger partial charge < -0.3 is 18.9 Å². The molecule has 7 nitrogen and oxygen atoms in total. The fourth-order valence-electron chi connectivity index (χ4n) is 3.61. The topological polar surface area (TPSA) is 77.7 Å². The van der Waals surface area contributed by atoms with Crippen LogP contribution in [-0.2, 0) is 20.7 Å². The lowest BCUT2D eigenvalue weighted by Crippen LogP contribution is -2.29. The van der Waals surface area contributed by atoms with Crippen molar-refractivity contribution in [2.45, 2.75) is 44.4 Å². The monoisotopic (exact) mass is 349 g/mol. The maximum atomic E-state index is 12.1. The van der Waals surface area contributed by atoms with Gasteiger partial charge in [0.15, 0.2) is 5.82 Å². The minimum Gasteiger partial charge on any atom is -0.381 e. The molecule has 0 spiro atoms. The molecule has 2 aliphatic heterocycles. The van der Waals surface area contributed by atoms with Crippen molar-refractivity contribution in [1.82, 2.24) is 15.0 Å². The third-order valence-corrected chi connectivity index (χ3v) is 5.42. The third kappa shape index (κ3) is 4.39. The van der Waals surface area contributed by atoms with Gasteiger partial charge in [-0.1, -0.05) is 5.16 Å². The van der Waals surface area contributed by atoms with Crippen molar-refractivity contribution in [3.63, 3.8) is 0 Å². The minimum atomic E-state index is 0.187. The molecule has 1 unspecified atom stereocenters. The number of carbonyl (C=O) groups excluding carboxylic acids is 1. The van der Waals surface area contributed by atoms with Crippen LogP contribution in [0, 0.1) is 11.8 Å². The normalized spacial score (nSPS) is 24.8. The SMILES string of the molecule is O=C(C1CC1)N1CCC(c2nc(CCOCC3CCOCC3)no2)C1. The van der Waals surface area contributed by atoms with Gasteiger partial charge in [-0.15, -0.1) is 0 Å². The molecule has 0 N–H and O–H groups in total. The summed E-state index contributed by atoms with van der Waals surface area (Å²) in [5.41, 5.74) is 0. The second-order valence-corrected chi connectivity index (χ2v) is 7.47. The van der Waals surface area contributed by atoms with E-state index in [-0.39, 0.29) is 11.8 Å². The van der Waals surface area contributed by atoms with E-state index in [0.717, 1.165) is 65.0 Å². The van der Waals surface area contributed by atoms with Crippen LogP contribution >= 0.6 is 0 Å². The van der Waals surface area contributed by atoms with Crippen LogP contribution in [-0.4, -0.2) is 60.5 Å². The van der Waals surface area contributed by atoms with Gasteiger partial charge in [-0.25, -0.2) is 0 Å². The smallest absolute Gasteiger partial charge is 0.231 e. The molecule has 1 atom stereocenters. The van der Waals surface area contributed by atoms with Crippen molar-refractivity contribution < 1.29 is 18.8 Å². The Bertz CT molecular complexity index is 581. The van der Waals surface area contributed by atoms with Crippen LogP contribution in [0.15, 0.2) is 4.52 Å². The fraction of sp³-hybridized carbons (Fsp3) is 0.833. The minimum absolute atomic E-state index is 0.187. The number of aromatic nitrogens is 2. The van der Waals surface area contributed by atoms with Crippen LogP contribution in [0.2, 0.25) is 0 Å². The number of likely N-dealkylation sites (tertiary alicyclic amines) is 1. The van der Waals surface area contributed by atoms with Gasteiger partial charge in [-0.05, 0) is 38.0 Å². The molecule has 3 aliphatic rings. The average Bonchev–Trinajstić information content (AvgIpc) is 3.18. The lowest BCUT2D eigenvalue weighted by molar-refractivity contribution is -0.131. The van der Waals surface area contributed by atoms with E-state index in [2.05, 4.69) is 10.1 Å². The Labute approximate surface area is 148 Å². The molecule has 1 amide bonds. The molecule has 1 saturated carbocycles. The molecule has 7 heteroatoms. The zero-order valence-corrected chi connectivity index (χ0v) is 14.7. The van der Waals surface area contributed by atoms with Crippen LogP contribution in [0.1, 0.15) is 49.7 Å². The quantitative estimate of drug-likeness (QED) is 0.698. The Kier molecular flexibility index (Phi) is 5.31. The molecular weight excluding hydrogens is 322 g/mol. The van der Waals surface area contributed by atoms with E-state index in [9.17, 15) is 4.79 Å². The summed E-state index contributed by atoms with van der Waals surface area (Å²) in [6, 6.07) is 0. The van der Waals surface area contributed by atoms with E-state index in [1.807, 2.05) is 4.90 Å². The zero-order valence-electron chi connectivity index (χ0n) is 14.7. The maximum Gasteiger partial charge on any atom is 0.231 e. The standard InChI is InChI=1S/C18H27N3O4/c22-18(14-1-2-14)21-7-3-15(11-21)17-19-16(20-25-17)6-10-24-12-13-4-8-23-9-5-13/h13-15H,1-12H2. The van der Waals surface area contributed by atoms with Gasteiger partial charge in [0.1, 0.15) is 0 Å². The first kappa shape index (κ1) is 17.0. The fourth-order valence-corrected chi connectivity index (χ4v) is 3.61. The van der Waals surface area contributed by atoms with Crippen LogP contribution in [0.3, 0.4) is 0 Å². The van der Waals surface area contributed by atoms with E-state index < -0.39 is 0 Å². The van der Waals surface area contributed by atoms with Crippen molar-refractivity contribution in [2.75, 3.05) is 39.5 Å². The van der Waals surface area contributed by atoms with E-state index in [1.165, 1.54) is 0 Å². The summed E-state index contributed by atoms with van der Waals surface area (Å²) in [5.74, 6) is 2.77. The lowest BCUT2D eigenvalue weighted by atomic mass is 10.0.